The fraction of sp³-hybridized carbons (Fsp3) is 0.467. The molecule has 0 aromatic heterocycles. The molecule has 1 fully saturated rings. The van der Waals surface area contributed by atoms with Gasteiger partial charge in [-0.15, -0.1) is 0 Å². The number of amides is 2. The maximum Gasteiger partial charge on any atom is 0.240 e. The van der Waals surface area contributed by atoms with Crippen molar-refractivity contribution >= 4 is 11.8 Å². The predicted octanol–water partition coefficient (Wildman–Crippen LogP) is 0.0494. The van der Waals surface area contributed by atoms with Gasteiger partial charge in [0.25, 0.3) is 0 Å². The van der Waals surface area contributed by atoms with Gasteiger partial charge in [-0.1, -0.05) is 24.3 Å². The first-order chi connectivity index (χ1) is 9.74. The predicted molar refractivity (Wildman–Crippen MR) is 75.0 cm³/mol. The van der Waals surface area contributed by atoms with Crippen molar-refractivity contribution in [3.63, 3.8) is 0 Å². The molecule has 1 aromatic rings. The Morgan fingerprint density at radius 3 is 2.90 bits per heavy atom. The van der Waals surface area contributed by atoms with Crippen molar-refractivity contribution in [1.29, 1.82) is 0 Å². The van der Waals surface area contributed by atoms with E-state index in [0.29, 0.717) is 26.1 Å². The van der Waals surface area contributed by atoms with Crippen LogP contribution in [0.1, 0.15) is 17.5 Å². The molecule has 5 heteroatoms. The van der Waals surface area contributed by atoms with E-state index < -0.39 is 0 Å². The third kappa shape index (κ3) is 2.67. The fourth-order valence-corrected chi connectivity index (χ4v) is 2.84. The molecule has 20 heavy (non-hydrogen) atoms. The van der Waals surface area contributed by atoms with Gasteiger partial charge < -0.3 is 15.5 Å². The fourth-order valence-electron chi connectivity index (χ4n) is 2.84. The molecule has 106 valence electrons. The van der Waals surface area contributed by atoms with Crippen molar-refractivity contribution in [3.8, 4) is 0 Å². The first kappa shape index (κ1) is 13.1. The van der Waals surface area contributed by atoms with Gasteiger partial charge in [0.1, 0.15) is 0 Å². The lowest BCUT2D eigenvalue weighted by molar-refractivity contribution is -0.137. The number of benzene rings is 1. The van der Waals surface area contributed by atoms with Gasteiger partial charge in [0.15, 0.2) is 0 Å². The van der Waals surface area contributed by atoms with Gasteiger partial charge in [-0.05, 0) is 24.0 Å². The second kappa shape index (κ2) is 5.63. The van der Waals surface area contributed by atoms with Gasteiger partial charge in [0, 0.05) is 19.6 Å². The van der Waals surface area contributed by atoms with Gasteiger partial charge in [0.2, 0.25) is 11.8 Å². The van der Waals surface area contributed by atoms with E-state index in [-0.39, 0.29) is 24.4 Å². The Bertz CT molecular complexity index is 530. The summed E-state index contributed by atoms with van der Waals surface area (Å²) in [5, 5.41) is 6.08. The summed E-state index contributed by atoms with van der Waals surface area (Å²) in [6, 6.07) is 7.97. The van der Waals surface area contributed by atoms with Crippen LogP contribution in [0.15, 0.2) is 24.3 Å². The summed E-state index contributed by atoms with van der Waals surface area (Å²) in [5.41, 5.74) is 2.48. The number of carbonyl (C=O) groups excluding carboxylic acids is 2. The molecular weight excluding hydrogens is 254 g/mol. The molecule has 1 aromatic carbocycles. The first-order valence-electron chi connectivity index (χ1n) is 7.10. The molecule has 2 aliphatic heterocycles. The summed E-state index contributed by atoms with van der Waals surface area (Å²) < 4.78 is 0. The third-order valence-electron chi connectivity index (χ3n) is 3.95. The van der Waals surface area contributed by atoms with Crippen molar-refractivity contribution in [2.24, 2.45) is 0 Å². The van der Waals surface area contributed by atoms with Crippen LogP contribution in [0, 0.1) is 0 Å². The average molecular weight is 273 g/mol. The first-order valence-corrected chi connectivity index (χ1v) is 7.10. The molecule has 2 N–H and O–H groups in total. The lowest BCUT2D eigenvalue weighted by Crippen LogP contribution is -2.50. The molecule has 2 amide bonds. The largest absolute Gasteiger partial charge is 0.354 e. The number of hydrogen-bond acceptors (Lipinski definition) is 3. The van der Waals surface area contributed by atoms with E-state index in [4.69, 9.17) is 0 Å². The van der Waals surface area contributed by atoms with Crippen LogP contribution in [0.5, 0.6) is 0 Å². The Balaban J connectivity index is 1.70. The number of hydrogen-bond donors (Lipinski definition) is 2. The Morgan fingerprint density at radius 1 is 1.25 bits per heavy atom. The van der Waals surface area contributed by atoms with E-state index in [1.165, 1.54) is 11.1 Å². The number of fused-ring (bicyclic) bond motifs is 1. The van der Waals surface area contributed by atoms with Gasteiger partial charge >= 0.3 is 0 Å². The second-order valence-electron chi connectivity index (χ2n) is 5.37. The van der Waals surface area contributed by atoms with E-state index in [2.05, 4.69) is 22.8 Å². The molecule has 0 radical (unpaired) electrons. The molecule has 1 atom stereocenters. The molecule has 2 aliphatic rings. The quantitative estimate of drug-likeness (QED) is 0.760. The zero-order valence-electron chi connectivity index (χ0n) is 11.4. The smallest absolute Gasteiger partial charge is 0.240 e. The van der Waals surface area contributed by atoms with Gasteiger partial charge in [-0.3, -0.25) is 9.59 Å². The molecule has 0 unspecified atom stereocenters. The third-order valence-corrected chi connectivity index (χ3v) is 3.95. The lowest BCUT2D eigenvalue weighted by Gasteiger charge is -2.29. The minimum atomic E-state index is -0.212. The molecule has 1 saturated heterocycles. The highest BCUT2D eigenvalue weighted by atomic mass is 16.2. The highest BCUT2D eigenvalue weighted by Crippen LogP contribution is 2.17. The average Bonchev–Trinajstić information content (AvgIpc) is 2.70. The van der Waals surface area contributed by atoms with Crippen molar-refractivity contribution in [3.05, 3.63) is 35.4 Å². The summed E-state index contributed by atoms with van der Waals surface area (Å²) in [6.45, 7) is 2.20. The highest BCUT2D eigenvalue weighted by Gasteiger charge is 2.29. The zero-order chi connectivity index (χ0) is 13.9. The Hall–Kier alpha value is -1.88. The monoisotopic (exact) mass is 273 g/mol. The van der Waals surface area contributed by atoms with Gasteiger partial charge in [0.05, 0.1) is 12.6 Å². The van der Waals surface area contributed by atoms with E-state index in [1.54, 1.807) is 4.90 Å². The van der Waals surface area contributed by atoms with Crippen molar-refractivity contribution in [2.75, 3.05) is 19.6 Å². The van der Waals surface area contributed by atoms with Crippen LogP contribution in [0.2, 0.25) is 0 Å². The van der Waals surface area contributed by atoms with Crippen LogP contribution in [0.25, 0.3) is 0 Å². The minimum absolute atomic E-state index is 0.0385. The highest BCUT2D eigenvalue weighted by molar-refractivity contribution is 5.88. The minimum Gasteiger partial charge on any atom is -0.354 e. The molecule has 0 saturated carbocycles. The summed E-state index contributed by atoms with van der Waals surface area (Å²) in [7, 11) is 0. The van der Waals surface area contributed by atoms with Crippen LogP contribution in [-0.4, -0.2) is 42.4 Å². The Morgan fingerprint density at radius 2 is 2.05 bits per heavy atom. The maximum absolute atomic E-state index is 12.5. The van der Waals surface area contributed by atoms with Crippen LogP contribution in [-0.2, 0) is 22.6 Å². The number of carbonyl (C=O) groups is 2. The Labute approximate surface area is 118 Å². The molecule has 3 rings (SSSR count). The van der Waals surface area contributed by atoms with Gasteiger partial charge in [-0.2, -0.15) is 0 Å². The molecular formula is C15H19N3O2. The Kier molecular flexibility index (Phi) is 3.69. The van der Waals surface area contributed by atoms with Crippen LogP contribution in [0.3, 0.4) is 0 Å². The van der Waals surface area contributed by atoms with Crippen molar-refractivity contribution < 1.29 is 9.59 Å². The molecule has 0 spiro atoms. The van der Waals surface area contributed by atoms with E-state index in [1.807, 2.05) is 12.1 Å². The van der Waals surface area contributed by atoms with E-state index in [0.717, 1.165) is 6.42 Å². The number of nitrogens with one attached hydrogen (secondary N) is 2. The zero-order valence-corrected chi connectivity index (χ0v) is 11.4. The molecule has 5 nitrogen and oxygen atoms in total. The molecule has 2 heterocycles. The number of nitrogens with zero attached hydrogens (tertiary/aromatic N) is 1. The molecule has 0 bridgehead atoms. The second-order valence-corrected chi connectivity index (χ2v) is 5.37. The summed E-state index contributed by atoms with van der Waals surface area (Å²) in [5.74, 6) is -0.0244. The van der Waals surface area contributed by atoms with Gasteiger partial charge in [-0.25, -0.2) is 0 Å². The maximum atomic E-state index is 12.5. The van der Waals surface area contributed by atoms with Crippen molar-refractivity contribution in [1.82, 2.24) is 15.5 Å². The lowest BCUT2D eigenvalue weighted by atomic mass is 9.95. The van der Waals surface area contributed by atoms with Crippen molar-refractivity contribution in [2.45, 2.75) is 25.4 Å². The number of rotatable bonds is 1. The van der Waals surface area contributed by atoms with Crippen LogP contribution >= 0.6 is 0 Å². The topological polar surface area (TPSA) is 61.4 Å². The summed E-state index contributed by atoms with van der Waals surface area (Å²) in [6.07, 6.45) is 1.52. The summed E-state index contributed by atoms with van der Waals surface area (Å²) in [4.78, 5) is 25.8. The van der Waals surface area contributed by atoms with Crippen LogP contribution in [0.4, 0.5) is 0 Å². The van der Waals surface area contributed by atoms with Crippen LogP contribution < -0.4 is 10.6 Å². The summed E-state index contributed by atoms with van der Waals surface area (Å²) >= 11 is 0. The van der Waals surface area contributed by atoms with E-state index in [9.17, 15) is 9.59 Å². The normalized spacial score (nSPS) is 22.7. The van der Waals surface area contributed by atoms with E-state index >= 15 is 0 Å². The molecule has 0 aliphatic carbocycles. The standard InChI is InChI=1S/C15H19N3O2/c19-14-10-18(7-3-6-16-14)15(20)13-8-11-4-1-2-5-12(11)9-17-13/h1-2,4-5,13,17H,3,6-10H2,(H,16,19)/t13-/m0/s1. The SMILES string of the molecule is O=C1CN(C(=O)[C@@H]2Cc3ccccc3CN2)CCCN1.